The number of hydrogen-bond acceptors (Lipinski definition) is 4. The summed E-state index contributed by atoms with van der Waals surface area (Å²) in [5, 5.41) is 5.17. The largest absolute Gasteiger partial charge is 0.486 e. The second-order valence-corrected chi connectivity index (χ2v) is 6.44. The van der Waals surface area contributed by atoms with Crippen LogP contribution in [-0.2, 0) is 9.59 Å². The van der Waals surface area contributed by atoms with Crippen molar-refractivity contribution in [3.8, 4) is 11.5 Å². The van der Waals surface area contributed by atoms with Crippen LogP contribution in [0.5, 0.6) is 11.5 Å². The Bertz CT molecular complexity index is 787. The van der Waals surface area contributed by atoms with Gasteiger partial charge in [-0.05, 0) is 35.7 Å². The van der Waals surface area contributed by atoms with Crippen LogP contribution in [0.15, 0.2) is 48.5 Å². The fraction of sp³-hybridized carbons (Fsp3) is 0.300. The highest BCUT2D eigenvalue weighted by atomic mass is 16.6. The summed E-state index contributed by atoms with van der Waals surface area (Å²) in [7, 11) is 0. The van der Waals surface area contributed by atoms with Gasteiger partial charge in [0.2, 0.25) is 0 Å². The Hall–Kier alpha value is -3.02. The number of amides is 2. The first-order chi connectivity index (χ1) is 12.5. The van der Waals surface area contributed by atoms with E-state index in [1.807, 2.05) is 30.3 Å². The molecule has 3 rings (SSSR count). The Morgan fingerprint density at radius 3 is 2.42 bits per heavy atom. The van der Waals surface area contributed by atoms with Gasteiger partial charge in [-0.1, -0.05) is 38.1 Å². The summed E-state index contributed by atoms with van der Waals surface area (Å²) in [5.41, 5.74) is 1.75. The number of rotatable bonds is 4. The number of nitrogens with one attached hydrogen (secondary N) is 2. The molecule has 1 heterocycles. The van der Waals surface area contributed by atoms with Crippen molar-refractivity contribution in [1.82, 2.24) is 5.32 Å². The third-order valence-electron chi connectivity index (χ3n) is 4.10. The molecule has 0 spiro atoms. The number of hydrogen-bond donors (Lipinski definition) is 2. The van der Waals surface area contributed by atoms with Gasteiger partial charge in [0.25, 0.3) is 0 Å². The summed E-state index contributed by atoms with van der Waals surface area (Å²) in [4.78, 5) is 24.0. The quantitative estimate of drug-likeness (QED) is 0.828. The lowest BCUT2D eigenvalue weighted by Gasteiger charge is -2.26. The second-order valence-electron chi connectivity index (χ2n) is 6.44. The van der Waals surface area contributed by atoms with Gasteiger partial charge in [0.1, 0.15) is 12.7 Å². The second kappa shape index (κ2) is 7.91. The Kier molecular flexibility index (Phi) is 5.41. The molecular weight excluding hydrogens is 332 g/mol. The van der Waals surface area contributed by atoms with E-state index in [2.05, 4.69) is 24.5 Å². The minimum absolute atomic E-state index is 0.187. The van der Waals surface area contributed by atoms with Gasteiger partial charge in [0.05, 0.1) is 6.54 Å². The molecule has 0 aromatic heterocycles. The van der Waals surface area contributed by atoms with Crippen molar-refractivity contribution in [2.45, 2.75) is 25.9 Å². The van der Waals surface area contributed by atoms with Gasteiger partial charge < -0.3 is 20.1 Å². The van der Waals surface area contributed by atoms with Crippen molar-refractivity contribution in [3.63, 3.8) is 0 Å². The molecule has 2 N–H and O–H groups in total. The van der Waals surface area contributed by atoms with Gasteiger partial charge in [-0.25, -0.2) is 0 Å². The van der Waals surface area contributed by atoms with Gasteiger partial charge in [0.15, 0.2) is 11.5 Å². The van der Waals surface area contributed by atoms with Crippen molar-refractivity contribution in [2.75, 3.05) is 18.5 Å². The third-order valence-corrected chi connectivity index (χ3v) is 4.10. The van der Waals surface area contributed by atoms with E-state index in [-0.39, 0.29) is 12.6 Å². The predicted octanol–water partition coefficient (Wildman–Crippen LogP) is 2.70. The highest BCUT2D eigenvalue weighted by Gasteiger charge is 2.22. The maximum absolute atomic E-state index is 12.0. The molecule has 6 heteroatoms. The van der Waals surface area contributed by atoms with Gasteiger partial charge in [-0.3, -0.25) is 9.59 Å². The van der Waals surface area contributed by atoms with Crippen molar-refractivity contribution >= 4 is 17.5 Å². The molecule has 2 aromatic rings. The predicted molar refractivity (Wildman–Crippen MR) is 98.5 cm³/mol. The molecule has 0 saturated heterocycles. The Morgan fingerprint density at radius 1 is 1.04 bits per heavy atom. The van der Waals surface area contributed by atoms with E-state index >= 15 is 0 Å². The SMILES string of the molecule is CC(C)c1ccc(NC(=O)C(=O)NCC2COc3ccccc3O2)cc1. The zero-order chi connectivity index (χ0) is 18.5. The standard InChI is InChI=1S/C20H22N2O4/c1-13(2)14-7-9-15(10-8-14)22-20(24)19(23)21-11-16-12-25-17-5-3-4-6-18(17)26-16/h3-10,13,16H,11-12H2,1-2H3,(H,21,23)(H,22,24). The summed E-state index contributed by atoms with van der Waals surface area (Å²) < 4.78 is 11.3. The number of anilines is 1. The van der Waals surface area contributed by atoms with Gasteiger partial charge >= 0.3 is 11.8 Å². The summed E-state index contributed by atoms with van der Waals surface area (Å²) in [5.74, 6) is 0.302. The highest BCUT2D eigenvalue weighted by Crippen LogP contribution is 2.30. The minimum Gasteiger partial charge on any atom is -0.486 e. The lowest BCUT2D eigenvalue weighted by molar-refractivity contribution is -0.136. The van der Waals surface area contributed by atoms with E-state index < -0.39 is 11.8 Å². The number of para-hydroxylation sites is 2. The molecule has 136 valence electrons. The monoisotopic (exact) mass is 354 g/mol. The first-order valence-electron chi connectivity index (χ1n) is 8.60. The number of ether oxygens (including phenoxy) is 2. The van der Waals surface area contributed by atoms with Crippen molar-refractivity contribution < 1.29 is 19.1 Å². The normalized spacial score (nSPS) is 15.4. The minimum atomic E-state index is -0.709. The molecule has 2 aromatic carbocycles. The molecular formula is C20H22N2O4. The Labute approximate surface area is 152 Å². The molecule has 6 nitrogen and oxygen atoms in total. The molecule has 0 radical (unpaired) electrons. The van der Waals surface area contributed by atoms with Gasteiger partial charge in [0, 0.05) is 5.69 Å². The molecule has 1 unspecified atom stereocenters. The maximum atomic E-state index is 12.0. The summed E-state index contributed by atoms with van der Waals surface area (Å²) in [6.45, 7) is 4.69. The van der Waals surface area contributed by atoms with Crippen LogP contribution < -0.4 is 20.1 Å². The van der Waals surface area contributed by atoms with Crippen LogP contribution in [0.25, 0.3) is 0 Å². The fourth-order valence-electron chi connectivity index (χ4n) is 2.59. The van der Waals surface area contributed by atoms with Crippen LogP contribution in [0.1, 0.15) is 25.3 Å². The first kappa shape index (κ1) is 17.8. The molecule has 1 aliphatic heterocycles. The molecule has 0 aliphatic carbocycles. The molecule has 1 aliphatic rings. The zero-order valence-electron chi connectivity index (χ0n) is 14.8. The van der Waals surface area contributed by atoms with Crippen LogP contribution in [0, 0.1) is 0 Å². The summed E-state index contributed by atoms with van der Waals surface area (Å²) in [6.07, 6.45) is -0.341. The molecule has 2 amide bonds. The van der Waals surface area contributed by atoms with Gasteiger partial charge in [-0.15, -0.1) is 0 Å². The number of carbonyl (C=O) groups is 2. The van der Waals surface area contributed by atoms with E-state index in [1.165, 1.54) is 5.56 Å². The zero-order valence-corrected chi connectivity index (χ0v) is 14.8. The van der Waals surface area contributed by atoms with Crippen molar-refractivity contribution in [2.24, 2.45) is 0 Å². The van der Waals surface area contributed by atoms with Crippen molar-refractivity contribution in [3.05, 3.63) is 54.1 Å². The number of fused-ring (bicyclic) bond motifs is 1. The first-order valence-corrected chi connectivity index (χ1v) is 8.60. The highest BCUT2D eigenvalue weighted by molar-refractivity contribution is 6.39. The van der Waals surface area contributed by atoms with E-state index in [0.29, 0.717) is 29.7 Å². The number of carbonyl (C=O) groups excluding carboxylic acids is 2. The van der Waals surface area contributed by atoms with Crippen LogP contribution in [0.2, 0.25) is 0 Å². The Morgan fingerprint density at radius 2 is 1.73 bits per heavy atom. The van der Waals surface area contributed by atoms with Crippen LogP contribution in [0.4, 0.5) is 5.69 Å². The molecule has 1 atom stereocenters. The third kappa shape index (κ3) is 4.33. The summed E-state index contributed by atoms with van der Waals surface area (Å²) in [6, 6.07) is 14.8. The lowest BCUT2D eigenvalue weighted by atomic mass is 10.0. The van der Waals surface area contributed by atoms with Crippen LogP contribution in [0.3, 0.4) is 0 Å². The average Bonchev–Trinajstić information content (AvgIpc) is 2.66. The number of benzene rings is 2. The molecule has 0 fully saturated rings. The molecule has 0 saturated carbocycles. The Balaban J connectivity index is 1.48. The van der Waals surface area contributed by atoms with E-state index in [4.69, 9.17) is 9.47 Å². The van der Waals surface area contributed by atoms with Gasteiger partial charge in [-0.2, -0.15) is 0 Å². The van der Waals surface area contributed by atoms with Crippen molar-refractivity contribution in [1.29, 1.82) is 0 Å². The fourth-order valence-corrected chi connectivity index (χ4v) is 2.59. The molecule has 26 heavy (non-hydrogen) atoms. The smallest absolute Gasteiger partial charge is 0.313 e. The van der Waals surface area contributed by atoms with Crippen LogP contribution in [-0.4, -0.2) is 31.1 Å². The lowest BCUT2D eigenvalue weighted by Crippen LogP contribution is -2.44. The molecule has 0 bridgehead atoms. The van der Waals surface area contributed by atoms with E-state index in [1.54, 1.807) is 18.2 Å². The average molecular weight is 354 g/mol. The van der Waals surface area contributed by atoms with E-state index in [0.717, 1.165) is 0 Å². The van der Waals surface area contributed by atoms with Crippen LogP contribution >= 0.6 is 0 Å². The maximum Gasteiger partial charge on any atom is 0.313 e. The topological polar surface area (TPSA) is 76.7 Å². The van der Waals surface area contributed by atoms with E-state index in [9.17, 15) is 9.59 Å². The summed E-state index contributed by atoms with van der Waals surface area (Å²) >= 11 is 0.